The molecule has 0 unspecified atom stereocenters. The van der Waals surface area contributed by atoms with Crippen molar-refractivity contribution in [3.05, 3.63) is 12.3 Å². The first-order valence-corrected chi connectivity index (χ1v) is 7.34. The van der Waals surface area contributed by atoms with Crippen molar-refractivity contribution in [2.24, 2.45) is 0 Å². The highest BCUT2D eigenvalue weighted by atomic mass is 32.2. The van der Waals surface area contributed by atoms with Crippen LogP contribution in [0, 0.1) is 0 Å². The van der Waals surface area contributed by atoms with Crippen LogP contribution in [0.4, 0.5) is 5.95 Å². The Kier molecular flexibility index (Phi) is 3.43. The van der Waals surface area contributed by atoms with Crippen molar-refractivity contribution in [1.29, 1.82) is 0 Å². The zero-order valence-corrected chi connectivity index (χ0v) is 10.1. The predicted molar refractivity (Wildman–Crippen MR) is 64.2 cm³/mol. The third-order valence-electron chi connectivity index (χ3n) is 2.38. The Morgan fingerprint density at radius 1 is 1.33 bits per heavy atom. The molecule has 2 rings (SSSR count). The molecule has 0 saturated carbocycles. The second-order valence-corrected chi connectivity index (χ2v) is 5.96. The molecule has 0 N–H and O–H groups in total. The fraction of sp³-hybridized carbons (Fsp3) is 0.600. The van der Waals surface area contributed by atoms with Crippen LogP contribution in [0.25, 0.3) is 0 Å². The lowest BCUT2D eigenvalue weighted by Gasteiger charge is -2.27. The smallest absolute Gasteiger partial charge is 0.226 e. The van der Waals surface area contributed by atoms with Gasteiger partial charge in [-0.2, -0.15) is 0 Å². The number of ether oxygens (including phenoxy) is 1. The van der Waals surface area contributed by atoms with Crippen LogP contribution >= 0.6 is 10.9 Å². The van der Waals surface area contributed by atoms with Gasteiger partial charge in [-0.25, -0.2) is 20.9 Å². The van der Waals surface area contributed by atoms with Gasteiger partial charge in [-0.05, 0) is 18.6 Å². The highest BCUT2D eigenvalue weighted by Crippen LogP contribution is 2.26. The van der Waals surface area contributed by atoms with Crippen molar-refractivity contribution in [1.82, 2.24) is 9.97 Å². The van der Waals surface area contributed by atoms with E-state index in [-0.39, 0.29) is 10.9 Å². The molecule has 1 aliphatic heterocycles. The molecule has 5 heteroatoms. The minimum atomic E-state index is -0.142. The zero-order chi connectivity index (χ0) is 10.7. The first-order chi connectivity index (χ1) is 7.27. The summed E-state index contributed by atoms with van der Waals surface area (Å²) in [5, 5.41) is 1.17. The van der Waals surface area contributed by atoms with Crippen LogP contribution in [-0.4, -0.2) is 48.8 Å². The van der Waals surface area contributed by atoms with E-state index in [1.807, 2.05) is 12.3 Å². The molecule has 1 aromatic heterocycles. The molecule has 0 radical (unpaired) electrons. The summed E-state index contributed by atoms with van der Waals surface area (Å²) in [4.78, 5) is 11.1. The predicted octanol–water partition coefficient (Wildman–Crippen LogP) is 0.933. The average molecular weight is 227 g/mol. The molecular formula is C10H17N3OS. The maximum Gasteiger partial charge on any atom is 0.226 e. The molecule has 0 atom stereocenters. The summed E-state index contributed by atoms with van der Waals surface area (Å²) in [5.74, 6) is 0.854. The van der Waals surface area contributed by atoms with Crippen LogP contribution in [0.15, 0.2) is 17.3 Å². The molecule has 0 aliphatic carbocycles. The quantitative estimate of drug-likeness (QED) is 0.602. The third kappa shape index (κ3) is 2.60. The van der Waals surface area contributed by atoms with Crippen LogP contribution in [-0.2, 0) is 4.74 Å². The minimum Gasteiger partial charge on any atom is -0.378 e. The zero-order valence-electron chi connectivity index (χ0n) is 9.18. The SMILES string of the molecule is C[SH](C)c1ccnc(N2CCOCC2)n1. The molecule has 2 heterocycles. The Morgan fingerprint density at radius 3 is 2.73 bits per heavy atom. The van der Waals surface area contributed by atoms with E-state index in [0.717, 1.165) is 32.3 Å². The van der Waals surface area contributed by atoms with Crippen LogP contribution in [0.2, 0.25) is 0 Å². The molecule has 1 saturated heterocycles. The van der Waals surface area contributed by atoms with E-state index in [4.69, 9.17) is 4.74 Å². The summed E-state index contributed by atoms with van der Waals surface area (Å²) in [6, 6.07) is 2.01. The summed E-state index contributed by atoms with van der Waals surface area (Å²) in [6.45, 7) is 3.35. The second-order valence-electron chi connectivity index (χ2n) is 3.71. The maximum atomic E-state index is 5.31. The second kappa shape index (κ2) is 4.81. The lowest BCUT2D eigenvalue weighted by molar-refractivity contribution is 0.122. The molecule has 15 heavy (non-hydrogen) atoms. The normalized spacial score (nSPS) is 17.7. The number of morpholine rings is 1. The number of aromatic nitrogens is 2. The van der Waals surface area contributed by atoms with Gasteiger partial charge in [-0.15, -0.1) is 0 Å². The first kappa shape index (κ1) is 10.7. The number of thiol groups is 1. The van der Waals surface area contributed by atoms with E-state index in [2.05, 4.69) is 27.4 Å². The third-order valence-corrected chi connectivity index (χ3v) is 3.55. The number of rotatable bonds is 2. The Bertz CT molecular complexity index is 326. The van der Waals surface area contributed by atoms with Gasteiger partial charge in [0.25, 0.3) is 0 Å². The Balaban J connectivity index is 2.16. The van der Waals surface area contributed by atoms with Gasteiger partial charge in [-0.1, -0.05) is 0 Å². The van der Waals surface area contributed by atoms with Gasteiger partial charge in [0.05, 0.1) is 18.2 Å². The highest BCUT2D eigenvalue weighted by Gasteiger charge is 2.13. The number of hydrogen-bond donors (Lipinski definition) is 1. The summed E-state index contributed by atoms with van der Waals surface area (Å²) in [6.07, 6.45) is 6.27. The Morgan fingerprint density at radius 2 is 2.07 bits per heavy atom. The van der Waals surface area contributed by atoms with Gasteiger partial charge < -0.3 is 9.64 Å². The Labute approximate surface area is 93.0 Å². The van der Waals surface area contributed by atoms with Crippen molar-refractivity contribution in [2.75, 3.05) is 43.7 Å². The van der Waals surface area contributed by atoms with Gasteiger partial charge in [0.1, 0.15) is 0 Å². The summed E-state index contributed by atoms with van der Waals surface area (Å²) in [5.41, 5.74) is 0. The van der Waals surface area contributed by atoms with Crippen LogP contribution in [0.1, 0.15) is 0 Å². The average Bonchev–Trinajstić information content (AvgIpc) is 2.30. The molecule has 0 bridgehead atoms. The van der Waals surface area contributed by atoms with Crippen molar-refractivity contribution in [2.45, 2.75) is 5.03 Å². The van der Waals surface area contributed by atoms with E-state index >= 15 is 0 Å². The molecule has 0 aromatic carbocycles. The van der Waals surface area contributed by atoms with E-state index in [1.54, 1.807) is 0 Å². The van der Waals surface area contributed by atoms with Crippen LogP contribution < -0.4 is 4.90 Å². The number of nitrogens with zero attached hydrogens (tertiary/aromatic N) is 3. The summed E-state index contributed by atoms with van der Waals surface area (Å²) >= 11 is 0. The van der Waals surface area contributed by atoms with Gasteiger partial charge in [0.2, 0.25) is 5.95 Å². The molecule has 84 valence electrons. The van der Waals surface area contributed by atoms with Gasteiger partial charge in [0, 0.05) is 19.3 Å². The fourth-order valence-electron chi connectivity index (χ4n) is 1.50. The summed E-state index contributed by atoms with van der Waals surface area (Å²) in [7, 11) is -0.142. The van der Waals surface area contributed by atoms with E-state index in [0.29, 0.717) is 0 Å². The van der Waals surface area contributed by atoms with Crippen LogP contribution in [0.5, 0.6) is 0 Å². The lowest BCUT2D eigenvalue weighted by atomic mass is 10.4. The topological polar surface area (TPSA) is 38.2 Å². The molecule has 1 aliphatic rings. The molecule has 1 fully saturated rings. The number of anilines is 1. The fourth-order valence-corrected chi connectivity index (χ4v) is 2.16. The number of hydrogen-bond acceptors (Lipinski definition) is 4. The van der Waals surface area contributed by atoms with Crippen molar-refractivity contribution >= 4 is 16.8 Å². The molecular weight excluding hydrogens is 210 g/mol. The molecule has 0 spiro atoms. The monoisotopic (exact) mass is 227 g/mol. The van der Waals surface area contributed by atoms with Gasteiger partial charge in [0.15, 0.2) is 0 Å². The van der Waals surface area contributed by atoms with Gasteiger partial charge in [-0.3, -0.25) is 0 Å². The van der Waals surface area contributed by atoms with E-state index in [9.17, 15) is 0 Å². The standard InChI is InChI=1S/C10H17N3OS/c1-15(2)9-3-4-11-10(12-9)13-5-7-14-8-6-13/h3-4,15H,5-8H2,1-2H3. The first-order valence-electron chi connectivity index (χ1n) is 5.10. The minimum absolute atomic E-state index is 0.142. The maximum absolute atomic E-state index is 5.31. The molecule has 4 nitrogen and oxygen atoms in total. The van der Waals surface area contributed by atoms with Crippen LogP contribution in [0.3, 0.4) is 0 Å². The Hall–Kier alpha value is -0.810. The molecule has 0 amide bonds. The largest absolute Gasteiger partial charge is 0.378 e. The van der Waals surface area contributed by atoms with E-state index in [1.165, 1.54) is 5.03 Å². The summed E-state index contributed by atoms with van der Waals surface area (Å²) < 4.78 is 5.31. The van der Waals surface area contributed by atoms with E-state index < -0.39 is 0 Å². The van der Waals surface area contributed by atoms with Crippen molar-refractivity contribution in [3.63, 3.8) is 0 Å². The van der Waals surface area contributed by atoms with Crippen molar-refractivity contribution in [3.8, 4) is 0 Å². The highest BCUT2D eigenvalue weighted by molar-refractivity contribution is 8.15. The molecule has 1 aromatic rings. The van der Waals surface area contributed by atoms with Gasteiger partial charge >= 0.3 is 0 Å². The van der Waals surface area contributed by atoms with Crippen molar-refractivity contribution < 1.29 is 4.74 Å². The lowest BCUT2D eigenvalue weighted by Crippen LogP contribution is -2.37.